The summed E-state index contributed by atoms with van der Waals surface area (Å²) in [7, 11) is -3.22. The largest absolute Gasteiger partial charge is 0.463 e. The van der Waals surface area contributed by atoms with Crippen LogP contribution in [0.3, 0.4) is 0 Å². The lowest BCUT2D eigenvalue weighted by atomic mass is 10.0. The number of carbonyl (C=O) groups is 1. The van der Waals surface area contributed by atoms with Gasteiger partial charge in [-0.3, -0.25) is 9.36 Å². The van der Waals surface area contributed by atoms with Crippen molar-refractivity contribution in [2.75, 3.05) is 13.2 Å². The summed E-state index contributed by atoms with van der Waals surface area (Å²) in [5.74, 6) is -0.332. The molecule has 0 amide bonds. The molecule has 152 valence electrons. The van der Waals surface area contributed by atoms with E-state index in [9.17, 15) is 9.36 Å². The molecule has 1 unspecified atom stereocenters. The van der Waals surface area contributed by atoms with E-state index in [4.69, 9.17) is 9.26 Å². The van der Waals surface area contributed by atoms with Gasteiger partial charge in [-0.2, -0.15) is 0 Å². The van der Waals surface area contributed by atoms with Gasteiger partial charge in [0, 0.05) is 10.6 Å². The van der Waals surface area contributed by atoms with Crippen molar-refractivity contribution in [2.45, 2.75) is 46.0 Å². The molecule has 0 spiro atoms. The van der Waals surface area contributed by atoms with Crippen molar-refractivity contribution in [3.63, 3.8) is 0 Å². The molecule has 0 aliphatic heterocycles. The summed E-state index contributed by atoms with van der Waals surface area (Å²) >= 11 is 0. The zero-order chi connectivity index (χ0) is 20.2. The summed E-state index contributed by atoms with van der Waals surface area (Å²) in [6, 6.07) is 18.3. The van der Waals surface area contributed by atoms with E-state index in [1.807, 2.05) is 43.3 Å². The Kier molecular flexibility index (Phi) is 9.46. The van der Waals surface area contributed by atoms with Crippen LogP contribution in [0.15, 0.2) is 60.7 Å². The molecule has 5 heteroatoms. The minimum atomic E-state index is -3.22. The van der Waals surface area contributed by atoms with Crippen molar-refractivity contribution in [1.29, 1.82) is 0 Å². The Balaban J connectivity index is 1.89. The summed E-state index contributed by atoms with van der Waals surface area (Å²) in [6.45, 7) is 4.26. The molecule has 0 N–H and O–H groups in total. The summed E-state index contributed by atoms with van der Waals surface area (Å²) < 4.78 is 24.8. The van der Waals surface area contributed by atoms with Crippen LogP contribution in [0, 0.1) is 5.92 Å². The lowest BCUT2D eigenvalue weighted by Gasteiger charge is -2.19. The van der Waals surface area contributed by atoms with Crippen LogP contribution in [-0.4, -0.2) is 19.2 Å². The van der Waals surface area contributed by atoms with E-state index >= 15 is 0 Å². The van der Waals surface area contributed by atoms with Gasteiger partial charge in [-0.25, -0.2) is 0 Å². The van der Waals surface area contributed by atoms with E-state index < -0.39 is 7.37 Å². The Hall–Kier alpha value is -1.90. The van der Waals surface area contributed by atoms with Crippen LogP contribution in [0.2, 0.25) is 0 Å². The highest BCUT2D eigenvalue weighted by molar-refractivity contribution is 7.74. The number of rotatable bonds is 12. The second kappa shape index (κ2) is 11.8. The summed E-state index contributed by atoms with van der Waals surface area (Å²) in [5, 5.41) is 1.27. The maximum atomic E-state index is 13.6. The Morgan fingerprint density at radius 3 is 2.00 bits per heavy atom. The van der Waals surface area contributed by atoms with E-state index in [1.54, 1.807) is 24.3 Å². The zero-order valence-corrected chi connectivity index (χ0v) is 17.8. The van der Waals surface area contributed by atoms with Crippen LogP contribution in [-0.2, 0) is 18.6 Å². The highest BCUT2D eigenvalue weighted by atomic mass is 31.2. The van der Waals surface area contributed by atoms with Crippen molar-refractivity contribution < 1.29 is 18.6 Å². The fourth-order valence-corrected chi connectivity index (χ4v) is 5.05. The van der Waals surface area contributed by atoms with Crippen molar-refractivity contribution in [3.8, 4) is 0 Å². The van der Waals surface area contributed by atoms with Gasteiger partial charge in [0.05, 0.1) is 12.5 Å². The molecule has 2 aromatic rings. The SMILES string of the molecule is CCCCCCC(C)C(=O)OCCOP(=O)(c1ccccc1)c1ccccc1. The van der Waals surface area contributed by atoms with Gasteiger partial charge in [-0.15, -0.1) is 0 Å². The van der Waals surface area contributed by atoms with E-state index in [1.165, 1.54) is 12.8 Å². The zero-order valence-electron chi connectivity index (χ0n) is 16.9. The van der Waals surface area contributed by atoms with E-state index in [-0.39, 0.29) is 25.1 Å². The summed E-state index contributed by atoms with van der Waals surface area (Å²) in [6.07, 6.45) is 5.40. The van der Waals surface area contributed by atoms with Gasteiger partial charge in [-0.1, -0.05) is 75.9 Å². The number of ether oxygens (including phenoxy) is 1. The minimum absolute atomic E-state index is 0.0926. The third-order valence-corrected chi connectivity index (χ3v) is 7.19. The molecular formula is C23H31O4P. The predicted molar refractivity (Wildman–Crippen MR) is 115 cm³/mol. The van der Waals surface area contributed by atoms with Crippen LogP contribution in [0.4, 0.5) is 0 Å². The Morgan fingerprint density at radius 2 is 1.46 bits per heavy atom. The first-order valence-electron chi connectivity index (χ1n) is 10.1. The van der Waals surface area contributed by atoms with Gasteiger partial charge in [0.1, 0.15) is 6.61 Å². The second-order valence-electron chi connectivity index (χ2n) is 6.97. The molecule has 0 saturated heterocycles. The molecular weight excluding hydrogens is 371 g/mol. The lowest BCUT2D eigenvalue weighted by Crippen LogP contribution is -2.21. The van der Waals surface area contributed by atoms with Crippen molar-refractivity contribution in [1.82, 2.24) is 0 Å². The number of carbonyl (C=O) groups excluding carboxylic acids is 1. The standard InChI is InChI=1S/C23H31O4P/c1-3-4-5-8-13-20(2)23(24)26-18-19-27-28(25,21-14-9-6-10-15-21)22-16-11-7-12-17-22/h6-7,9-12,14-17,20H,3-5,8,13,18-19H2,1-2H3. The van der Waals surface area contributed by atoms with Gasteiger partial charge in [-0.05, 0) is 30.7 Å². The van der Waals surface area contributed by atoms with Crippen LogP contribution < -0.4 is 10.6 Å². The maximum absolute atomic E-state index is 13.6. The van der Waals surface area contributed by atoms with E-state index in [0.717, 1.165) is 19.3 Å². The number of hydrogen-bond donors (Lipinski definition) is 0. The van der Waals surface area contributed by atoms with Crippen LogP contribution in [0.5, 0.6) is 0 Å². The molecule has 0 heterocycles. The molecule has 0 aliphatic carbocycles. The average Bonchev–Trinajstić information content (AvgIpc) is 2.75. The maximum Gasteiger partial charge on any atom is 0.308 e. The fourth-order valence-electron chi connectivity index (χ4n) is 2.99. The Labute approximate surface area is 168 Å². The summed E-state index contributed by atoms with van der Waals surface area (Å²) in [4.78, 5) is 12.1. The molecule has 0 bridgehead atoms. The van der Waals surface area contributed by atoms with Crippen LogP contribution in [0.25, 0.3) is 0 Å². The Bertz CT molecular complexity index is 702. The number of esters is 1. The highest BCUT2D eigenvalue weighted by Gasteiger charge is 2.28. The monoisotopic (exact) mass is 402 g/mol. The fraction of sp³-hybridized carbons (Fsp3) is 0.435. The second-order valence-corrected chi connectivity index (χ2v) is 9.37. The number of benzene rings is 2. The van der Waals surface area contributed by atoms with Gasteiger partial charge in [0.2, 0.25) is 0 Å². The first kappa shape index (κ1) is 22.4. The van der Waals surface area contributed by atoms with Gasteiger partial charge in [0.25, 0.3) is 7.37 Å². The topological polar surface area (TPSA) is 52.6 Å². The molecule has 0 aromatic heterocycles. The minimum Gasteiger partial charge on any atom is -0.463 e. The van der Waals surface area contributed by atoms with Crippen LogP contribution >= 0.6 is 7.37 Å². The average molecular weight is 402 g/mol. The third-order valence-electron chi connectivity index (χ3n) is 4.69. The smallest absolute Gasteiger partial charge is 0.308 e. The van der Waals surface area contributed by atoms with Crippen molar-refractivity contribution in [2.24, 2.45) is 5.92 Å². The predicted octanol–water partition coefficient (Wildman–Crippen LogP) is 5.08. The van der Waals surface area contributed by atoms with Gasteiger partial charge >= 0.3 is 5.97 Å². The Morgan fingerprint density at radius 1 is 0.893 bits per heavy atom. The summed E-state index contributed by atoms with van der Waals surface area (Å²) in [5.41, 5.74) is 0. The lowest BCUT2D eigenvalue weighted by molar-refractivity contribution is -0.148. The van der Waals surface area contributed by atoms with Crippen molar-refractivity contribution in [3.05, 3.63) is 60.7 Å². The van der Waals surface area contributed by atoms with Gasteiger partial charge in [0.15, 0.2) is 0 Å². The molecule has 0 radical (unpaired) electrons. The molecule has 0 aliphatic rings. The number of unbranched alkanes of at least 4 members (excludes halogenated alkanes) is 3. The molecule has 0 fully saturated rings. The van der Waals surface area contributed by atoms with Crippen LogP contribution in [0.1, 0.15) is 46.0 Å². The molecule has 1 atom stereocenters. The molecule has 0 saturated carbocycles. The van der Waals surface area contributed by atoms with Crippen molar-refractivity contribution >= 4 is 23.9 Å². The first-order chi connectivity index (χ1) is 13.6. The molecule has 28 heavy (non-hydrogen) atoms. The normalized spacial score (nSPS) is 12.5. The molecule has 4 nitrogen and oxygen atoms in total. The third kappa shape index (κ3) is 6.61. The highest BCUT2D eigenvalue weighted by Crippen LogP contribution is 2.44. The first-order valence-corrected chi connectivity index (χ1v) is 11.7. The molecule has 2 rings (SSSR count). The molecule has 2 aromatic carbocycles. The van der Waals surface area contributed by atoms with E-state index in [2.05, 4.69) is 6.92 Å². The quantitative estimate of drug-likeness (QED) is 0.282. The number of hydrogen-bond acceptors (Lipinski definition) is 4. The van der Waals surface area contributed by atoms with Gasteiger partial charge < -0.3 is 9.26 Å². The van der Waals surface area contributed by atoms with E-state index in [0.29, 0.717) is 10.6 Å².